The Kier molecular flexibility index (Phi) is 3.28. The normalized spacial score (nSPS) is 26.1. The third-order valence-electron chi connectivity index (χ3n) is 4.96. The summed E-state index contributed by atoms with van der Waals surface area (Å²) in [7, 11) is 1.83. The summed E-state index contributed by atoms with van der Waals surface area (Å²) in [5, 5.41) is 4.75. The monoisotopic (exact) mass is 270 g/mol. The van der Waals surface area contributed by atoms with Crippen molar-refractivity contribution in [2.24, 2.45) is 18.9 Å². The number of rotatable bonds is 2. The summed E-state index contributed by atoms with van der Waals surface area (Å²) in [6.07, 6.45) is 2.45. The van der Waals surface area contributed by atoms with Crippen LogP contribution in [-0.2, 0) is 7.05 Å². The number of nitrogens with one attached hydrogen (secondary N) is 1. The van der Waals surface area contributed by atoms with Crippen molar-refractivity contribution < 1.29 is 0 Å². The van der Waals surface area contributed by atoms with Crippen molar-refractivity contribution in [2.75, 3.05) is 5.32 Å². The predicted molar refractivity (Wildman–Crippen MR) is 84.2 cm³/mol. The highest BCUT2D eigenvalue weighted by Gasteiger charge is 2.29. The van der Waals surface area contributed by atoms with Crippen LogP contribution in [0, 0.1) is 11.8 Å². The van der Waals surface area contributed by atoms with Gasteiger partial charge in [0.2, 0.25) is 0 Å². The van der Waals surface area contributed by atoms with Gasteiger partial charge in [0.05, 0.1) is 5.52 Å². The van der Waals surface area contributed by atoms with Gasteiger partial charge in [-0.3, -0.25) is 4.79 Å². The van der Waals surface area contributed by atoms with E-state index in [1.807, 2.05) is 25.2 Å². The lowest BCUT2D eigenvalue weighted by Gasteiger charge is -2.22. The summed E-state index contributed by atoms with van der Waals surface area (Å²) in [6.45, 7) is 4.62. The number of pyridine rings is 1. The highest BCUT2D eigenvalue weighted by atomic mass is 16.1. The second-order valence-electron chi connectivity index (χ2n) is 6.14. The van der Waals surface area contributed by atoms with E-state index in [-0.39, 0.29) is 5.56 Å². The number of aryl methyl sites for hydroxylation is 1. The fraction of sp³-hybridized carbons (Fsp3) is 0.471. The topological polar surface area (TPSA) is 34.0 Å². The lowest BCUT2D eigenvalue weighted by Crippen LogP contribution is -2.26. The zero-order valence-electron chi connectivity index (χ0n) is 12.4. The van der Waals surface area contributed by atoms with E-state index in [2.05, 4.69) is 25.2 Å². The van der Waals surface area contributed by atoms with E-state index in [9.17, 15) is 4.79 Å². The molecule has 0 spiro atoms. The summed E-state index contributed by atoms with van der Waals surface area (Å²) < 4.78 is 1.71. The second-order valence-corrected chi connectivity index (χ2v) is 6.14. The first-order valence-corrected chi connectivity index (χ1v) is 7.43. The molecule has 1 heterocycles. The zero-order chi connectivity index (χ0) is 14.3. The highest BCUT2D eigenvalue weighted by molar-refractivity contribution is 5.91. The van der Waals surface area contributed by atoms with Crippen LogP contribution in [-0.4, -0.2) is 10.6 Å². The van der Waals surface area contributed by atoms with Gasteiger partial charge in [-0.1, -0.05) is 32.0 Å². The van der Waals surface area contributed by atoms with Crippen LogP contribution >= 0.6 is 0 Å². The molecule has 0 bridgehead atoms. The molecule has 1 aromatic heterocycles. The van der Waals surface area contributed by atoms with Gasteiger partial charge in [0.15, 0.2) is 0 Å². The molecule has 1 aromatic carbocycles. The van der Waals surface area contributed by atoms with E-state index in [1.165, 1.54) is 12.8 Å². The first-order chi connectivity index (χ1) is 9.58. The van der Waals surface area contributed by atoms with Crippen molar-refractivity contribution in [3.05, 3.63) is 40.7 Å². The molecule has 0 amide bonds. The number of hydrogen-bond acceptors (Lipinski definition) is 2. The summed E-state index contributed by atoms with van der Waals surface area (Å²) in [6, 6.07) is 10.3. The van der Waals surface area contributed by atoms with Crippen LogP contribution in [0.3, 0.4) is 0 Å². The molecular formula is C17H22N2O. The van der Waals surface area contributed by atoms with Gasteiger partial charge in [-0.25, -0.2) is 0 Å². The maximum Gasteiger partial charge on any atom is 0.252 e. The number of nitrogens with zero attached hydrogens (tertiary/aromatic N) is 1. The SMILES string of the molecule is CC1CCC(Nc2cc(=O)n(C)c3ccccc23)C1C. The van der Waals surface area contributed by atoms with Crippen molar-refractivity contribution >= 4 is 16.6 Å². The summed E-state index contributed by atoms with van der Waals surface area (Å²) >= 11 is 0. The van der Waals surface area contributed by atoms with E-state index in [0.29, 0.717) is 12.0 Å². The fourth-order valence-corrected chi connectivity index (χ4v) is 3.30. The van der Waals surface area contributed by atoms with Gasteiger partial charge in [0.25, 0.3) is 5.56 Å². The molecule has 1 N–H and O–H groups in total. The van der Waals surface area contributed by atoms with Gasteiger partial charge in [-0.2, -0.15) is 0 Å². The molecule has 106 valence electrons. The number of anilines is 1. The summed E-state index contributed by atoms with van der Waals surface area (Å²) in [5.74, 6) is 1.41. The van der Waals surface area contributed by atoms with E-state index >= 15 is 0 Å². The van der Waals surface area contributed by atoms with Gasteiger partial charge in [0.1, 0.15) is 0 Å². The second kappa shape index (κ2) is 4.97. The molecule has 0 saturated heterocycles. The predicted octanol–water partition coefficient (Wildman–Crippen LogP) is 3.39. The Morgan fingerprint density at radius 1 is 1.20 bits per heavy atom. The third-order valence-corrected chi connectivity index (χ3v) is 4.96. The minimum Gasteiger partial charge on any atom is -0.381 e. The summed E-state index contributed by atoms with van der Waals surface area (Å²) in [5.41, 5.74) is 2.01. The van der Waals surface area contributed by atoms with Crippen molar-refractivity contribution in [3.63, 3.8) is 0 Å². The molecule has 0 radical (unpaired) electrons. The lowest BCUT2D eigenvalue weighted by molar-refractivity contribution is 0.435. The maximum atomic E-state index is 12.1. The largest absolute Gasteiger partial charge is 0.381 e. The third kappa shape index (κ3) is 2.11. The van der Waals surface area contributed by atoms with E-state index in [4.69, 9.17) is 0 Å². The van der Waals surface area contributed by atoms with E-state index in [1.54, 1.807) is 10.6 Å². The van der Waals surface area contributed by atoms with Gasteiger partial charge >= 0.3 is 0 Å². The van der Waals surface area contributed by atoms with Crippen LogP contribution in [0.2, 0.25) is 0 Å². The van der Waals surface area contributed by atoms with E-state index in [0.717, 1.165) is 22.5 Å². The minimum absolute atomic E-state index is 0.0462. The Hall–Kier alpha value is -1.77. The Morgan fingerprint density at radius 3 is 2.65 bits per heavy atom. The Labute approximate surface area is 119 Å². The van der Waals surface area contributed by atoms with Crippen LogP contribution in [0.5, 0.6) is 0 Å². The number of para-hydroxylation sites is 1. The molecular weight excluding hydrogens is 248 g/mol. The maximum absolute atomic E-state index is 12.1. The van der Waals surface area contributed by atoms with Gasteiger partial charge < -0.3 is 9.88 Å². The molecule has 3 heteroatoms. The van der Waals surface area contributed by atoms with Crippen molar-refractivity contribution in [2.45, 2.75) is 32.7 Å². The molecule has 1 fully saturated rings. The Morgan fingerprint density at radius 2 is 1.95 bits per heavy atom. The average molecular weight is 270 g/mol. The van der Waals surface area contributed by atoms with Crippen LogP contribution in [0.1, 0.15) is 26.7 Å². The molecule has 1 saturated carbocycles. The highest BCUT2D eigenvalue weighted by Crippen LogP contribution is 2.34. The quantitative estimate of drug-likeness (QED) is 0.907. The van der Waals surface area contributed by atoms with Gasteiger partial charge in [-0.15, -0.1) is 0 Å². The molecule has 1 aliphatic rings. The molecule has 20 heavy (non-hydrogen) atoms. The molecule has 1 aliphatic carbocycles. The van der Waals surface area contributed by atoms with Crippen molar-refractivity contribution in [1.82, 2.24) is 4.57 Å². The Bertz CT molecular complexity index is 689. The molecule has 3 unspecified atom stereocenters. The smallest absolute Gasteiger partial charge is 0.252 e. The molecule has 3 nitrogen and oxygen atoms in total. The molecule has 3 rings (SSSR count). The minimum atomic E-state index is 0.0462. The number of hydrogen-bond donors (Lipinski definition) is 1. The first-order valence-electron chi connectivity index (χ1n) is 7.43. The Balaban J connectivity index is 2.04. The van der Waals surface area contributed by atoms with Crippen molar-refractivity contribution in [3.8, 4) is 0 Å². The van der Waals surface area contributed by atoms with Crippen LogP contribution in [0.15, 0.2) is 35.1 Å². The van der Waals surface area contributed by atoms with Gasteiger partial charge in [0, 0.05) is 30.2 Å². The molecule has 2 aromatic rings. The zero-order valence-corrected chi connectivity index (χ0v) is 12.4. The van der Waals surface area contributed by atoms with Gasteiger partial charge in [-0.05, 0) is 30.7 Å². The standard InChI is InChI=1S/C17H22N2O/c1-11-8-9-14(12(11)2)18-15-10-17(20)19(3)16-7-5-4-6-13(15)16/h4-7,10-12,14,18H,8-9H2,1-3H3. The molecule has 0 aliphatic heterocycles. The fourth-order valence-electron chi connectivity index (χ4n) is 3.30. The first kappa shape index (κ1) is 13.2. The summed E-state index contributed by atoms with van der Waals surface area (Å²) in [4.78, 5) is 12.1. The van der Waals surface area contributed by atoms with E-state index < -0.39 is 0 Å². The number of benzene rings is 1. The van der Waals surface area contributed by atoms with Crippen LogP contribution in [0.25, 0.3) is 10.9 Å². The molecule has 3 atom stereocenters. The average Bonchev–Trinajstić information content (AvgIpc) is 2.76. The number of aromatic nitrogens is 1. The lowest BCUT2D eigenvalue weighted by atomic mass is 9.97. The van der Waals surface area contributed by atoms with Crippen LogP contribution in [0.4, 0.5) is 5.69 Å². The van der Waals surface area contributed by atoms with Crippen LogP contribution < -0.4 is 10.9 Å². The number of fused-ring (bicyclic) bond motifs is 1. The van der Waals surface area contributed by atoms with Crippen molar-refractivity contribution in [1.29, 1.82) is 0 Å².